The van der Waals surface area contributed by atoms with Crippen LogP contribution in [0.3, 0.4) is 0 Å². The lowest BCUT2D eigenvalue weighted by Crippen LogP contribution is -2.29. The van der Waals surface area contributed by atoms with Gasteiger partial charge in [-0.15, -0.1) is 0 Å². The fourth-order valence-corrected chi connectivity index (χ4v) is 2.28. The summed E-state index contributed by atoms with van der Waals surface area (Å²) >= 11 is 11.1. The van der Waals surface area contributed by atoms with E-state index in [4.69, 9.17) is 23.8 Å². The summed E-state index contributed by atoms with van der Waals surface area (Å²) < 4.78 is 1.82. The number of aromatic nitrogens is 2. The number of anilines is 1. The molecule has 1 heterocycles. The second-order valence-electron chi connectivity index (χ2n) is 4.71. The van der Waals surface area contributed by atoms with Crippen molar-refractivity contribution in [1.82, 2.24) is 15.1 Å². The van der Waals surface area contributed by atoms with E-state index in [0.29, 0.717) is 10.1 Å². The van der Waals surface area contributed by atoms with Crippen molar-refractivity contribution in [3.8, 4) is 0 Å². The number of thiocarbonyl (C=S) groups is 1. The molecule has 6 heteroatoms. The van der Waals surface area contributed by atoms with Gasteiger partial charge in [0.05, 0.1) is 11.2 Å². The molecule has 0 saturated heterocycles. The fourth-order valence-electron chi connectivity index (χ4n) is 1.90. The molecule has 112 valence electrons. The maximum absolute atomic E-state index is 5.81. The van der Waals surface area contributed by atoms with Crippen LogP contribution in [0.4, 0.5) is 5.69 Å². The first-order valence-electron chi connectivity index (χ1n) is 6.99. The molecule has 1 aromatic carbocycles. The van der Waals surface area contributed by atoms with Crippen LogP contribution in [-0.2, 0) is 13.0 Å². The molecule has 0 unspecified atom stereocenters. The van der Waals surface area contributed by atoms with Gasteiger partial charge in [0, 0.05) is 25.0 Å². The minimum absolute atomic E-state index is 0.637. The molecule has 2 aromatic rings. The summed E-state index contributed by atoms with van der Waals surface area (Å²) in [5, 5.41) is 11.8. The molecule has 0 spiro atoms. The summed E-state index contributed by atoms with van der Waals surface area (Å²) in [5.41, 5.74) is 2.32. The number of benzene rings is 1. The van der Waals surface area contributed by atoms with Crippen LogP contribution in [0, 0.1) is 0 Å². The Morgan fingerprint density at radius 2 is 2.10 bits per heavy atom. The molecule has 21 heavy (non-hydrogen) atoms. The van der Waals surface area contributed by atoms with Gasteiger partial charge in [0.1, 0.15) is 0 Å². The first kappa shape index (κ1) is 15.8. The molecule has 0 amide bonds. The Morgan fingerprint density at radius 1 is 1.33 bits per heavy atom. The predicted molar refractivity (Wildman–Crippen MR) is 91.9 cm³/mol. The van der Waals surface area contributed by atoms with Crippen LogP contribution in [0.2, 0.25) is 5.02 Å². The minimum atomic E-state index is 0.637. The zero-order valence-corrected chi connectivity index (χ0v) is 13.5. The second-order valence-corrected chi connectivity index (χ2v) is 5.55. The molecule has 0 saturated carbocycles. The lowest BCUT2D eigenvalue weighted by Gasteiger charge is -2.11. The number of nitrogens with one attached hydrogen (secondary N) is 2. The highest BCUT2D eigenvalue weighted by Gasteiger charge is 1.99. The van der Waals surface area contributed by atoms with Crippen molar-refractivity contribution < 1.29 is 0 Å². The number of hydrogen-bond acceptors (Lipinski definition) is 2. The Hall–Kier alpha value is -1.59. The fraction of sp³-hybridized carbons (Fsp3) is 0.333. The Kier molecular flexibility index (Phi) is 6.02. The average molecular weight is 323 g/mol. The number of aryl methyl sites for hydroxylation is 2. The Labute approximate surface area is 135 Å². The van der Waals surface area contributed by atoms with Crippen LogP contribution < -0.4 is 10.6 Å². The van der Waals surface area contributed by atoms with Gasteiger partial charge in [0.2, 0.25) is 0 Å². The number of rotatable bonds is 6. The van der Waals surface area contributed by atoms with Gasteiger partial charge in [-0.1, -0.05) is 30.7 Å². The third kappa shape index (κ3) is 5.36. The van der Waals surface area contributed by atoms with Crippen LogP contribution in [0.25, 0.3) is 0 Å². The standard InChI is InChI=1S/C15H19ClN4S/c1-2-12-4-6-14(7-5-12)19-15(21)17-8-3-9-20-11-13(16)10-18-20/h4-7,10-11H,2-3,8-9H2,1H3,(H2,17,19,21). The molecule has 2 rings (SSSR count). The lowest BCUT2D eigenvalue weighted by atomic mass is 10.1. The maximum Gasteiger partial charge on any atom is 0.170 e. The largest absolute Gasteiger partial charge is 0.362 e. The van der Waals surface area contributed by atoms with E-state index >= 15 is 0 Å². The van der Waals surface area contributed by atoms with Crippen LogP contribution in [0.1, 0.15) is 18.9 Å². The van der Waals surface area contributed by atoms with Gasteiger partial charge < -0.3 is 10.6 Å². The number of halogens is 1. The third-order valence-corrected chi connectivity index (χ3v) is 3.51. The smallest absolute Gasteiger partial charge is 0.170 e. The van der Waals surface area contributed by atoms with Gasteiger partial charge in [-0.3, -0.25) is 4.68 Å². The van der Waals surface area contributed by atoms with Crippen LogP contribution in [-0.4, -0.2) is 21.4 Å². The molecule has 0 bridgehead atoms. The van der Waals surface area contributed by atoms with Gasteiger partial charge in [-0.25, -0.2) is 0 Å². The SMILES string of the molecule is CCc1ccc(NC(=S)NCCCn2cc(Cl)cn2)cc1. The second kappa shape index (κ2) is 8.00. The molecule has 2 N–H and O–H groups in total. The quantitative estimate of drug-likeness (QED) is 0.631. The molecule has 0 fully saturated rings. The van der Waals surface area contributed by atoms with Gasteiger partial charge in [-0.05, 0) is 42.8 Å². The summed E-state index contributed by atoms with van der Waals surface area (Å²) in [6.07, 6.45) is 5.42. The average Bonchev–Trinajstić information content (AvgIpc) is 2.90. The summed E-state index contributed by atoms with van der Waals surface area (Å²) in [4.78, 5) is 0. The topological polar surface area (TPSA) is 41.9 Å². The Balaban J connectivity index is 1.67. The van der Waals surface area contributed by atoms with E-state index in [2.05, 4.69) is 34.8 Å². The van der Waals surface area contributed by atoms with Crippen molar-refractivity contribution in [1.29, 1.82) is 0 Å². The summed E-state index contributed by atoms with van der Waals surface area (Å²) in [7, 11) is 0. The van der Waals surface area contributed by atoms with Crippen molar-refractivity contribution in [2.75, 3.05) is 11.9 Å². The van der Waals surface area contributed by atoms with E-state index in [0.717, 1.165) is 31.6 Å². The van der Waals surface area contributed by atoms with Gasteiger partial charge in [0.15, 0.2) is 5.11 Å². The first-order chi connectivity index (χ1) is 10.2. The van der Waals surface area contributed by atoms with Gasteiger partial charge in [-0.2, -0.15) is 5.10 Å². The summed E-state index contributed by atoms with van der Waals surface area (Å²) in [5.74, 6) is 0. The predicted octanol–water partition coefficient (Wildman–Crippen LogP) is 3.48. The third-order valence-electron chi connectivity index (χ3n) is 3.07. The zero-order chi connectivity index (χ0) is 15.1. The van der Waals surface area contributed by atoms with E-state index in [9.17, 15) is 0 Å². The van der Waals surface area contributed by atoms with Crippen molar-refractivity contribution >= 4 is 34.6 Å². The zero-order valence-electron chi connectivity index (χ0n) is 12.0. The van der Waals surface area contributed by atoms with E-state index in [1.807, 2.05) is 23.0 Å². The van der Waals surface area contributed by atoms with Crippen molar-refractivity contribution in [2.24, 2.45) is 0 Å². The van der Waals surface area contributed by atoms with Gasteiger partial charge >= 0.3 is 0 Å². The molecule has 0 radical (unpaired) electrons. The molecular formula is C15H19ClN4S. The normalized spacial score (nSPS) is 10.4. The lowest BCUT2D eigenvalue weighted by molar-refractivity contribution is 0.574. The number of nitrogens with zero attached hydrogens (tertiary/aromatic N) is 2. The van der Waals surface area contributed by atoms with Crippen molar-refractivity contribution in [3.63, 3.8) is 0 Å². The summed E-state index contributed by atoms with van der Waals surface area (Å²) in [6.45, 7) is 3.74. The van der Waals surface area contributed by atoms with E-state index in [-0.39, 0.29) is 0 Å². The van der Waals surface area contributed by atoms with E-state index < -0.39 is 0 Å². The van der Waals surface area contributed by atoms with Crippen molar-refractivity contribution in [3.05, 3.63) is 47.2 Å². The molecule has 0 aliphatic carbocycles. The van der Waals surface area contributed by atoms with Crippen LogP contribution >= 0.6 is 23.8 Å². The highest BCUT2D eigenvalue weighted by molar-refractivity contribution is 7.80. The van der Waals surface area contributed by atoms with E-state index in [1.165, 1.54) is 5.56 Å². The van der Waals surface area contributed by atoms with E-state index in [1.54, 1.807) is 6.20 Å². The first-order valence-corrected chi connectivity index (χ1v) is 7.77. The molecule has 0 aliphatic heterocycles. The maximum atomic E-state index is 5.81. The minimum Gasteiger partial charge on any atom is -0.362 e. The Bertz CT molecular complexity index is 580. The summed E-state index contributed by atoms with van der Waals surface area (Å²) in [6, 6.07) is 8.29. The Morgan fingerprint density at radius 3 is 2.71 bits per heavy atom. The highest BCUT2D eigenvalue weighted by atomic mass is 35.5. The highest BCUT2D eigenvalue weighted by Crippen LogP contribution is 2.09. The van der Waals surface area contributed by atoms with Crippen LogP contribution in [0.15, 0.2) is 36.7 Å². The van der Waals surface area contributed by atoms with Gasteiger partial charge in [0.25, 0.3) is 0 Å². The molecular weight excluding hydrogens is 304 g/mol. The van der Waals surface area contributed by atoms with Crippen LogP contribution in [0.5, 0.6) is 0 Å². The monoisotopic (exact) mass is 322 g/mol. The molecule has 0 aliphatic rings. The molecule has 1 aromatic heterocycles. The van der Waals surface area contributed by atoms with Crippen molar-refractivity contribution in [2.45, 2.75) is 26.3 Å². The number of hydrogen-bond donors (Lipinski definition) is 2. The molecule has 4 nitrogen and oxygen atoms in total. The molecule has 0 atom stereocenters.